The molecule has 2 nitrogen and oxygen atoms in total. The number of rotatable bonds is 0. The highest BCUT2D eigenvalue weighted by Gasteiger charge is 1.66. The molecule has 0 aromatic rings. The average Bonchev–Trinajstić information content (AvgIpc) is 0.811. The molecule has 0 aliphatic carbocycles. The lowest BCUT2D eigenvalue weighted by atomic mass is 10.7. The van der Waals surface area contributed by atoms with Crippen molar-refractivity contribution < 1.29 is 0 Å². The van der Waals surface area contributed by atoms with Crippen LogP contribution in [0.4, 0.5) is 0 Å². The molecule has 42 valence electrons. The van der Waals surface area contributed by atoms with Crippen LogP contribution in [0.5, 0.6) is 0 Å². The molecule has 0 aliphatic heterocycles. The van der Waals surface area contributed by atoms with Crippen LogP contribution in [0.15, 0.2) is 0 Å². The standard InChI is InChI=1S/C2H8N2.2ClH/c1-2(3)4;;/h2H,3-4H2,1H3;2*1H. The minimum atomic E-state index is -0.167. The summed E-state index contributed by atoms with van der Waals surface area (Å²) in [5, 5.41) is 0. The van der Waals surface area contributed by atoms with Gasteiger partial charge >= 0.3 is 0 Å². The molecule has 6 heavy (non-hydrogen) atoms. The third kappa shape index (κ3) is 221. The van der Waals surface area contributed by atoms with Crippen molar-refractivity contribution in [1.82, 2.24) is 0 Å². The molecule has 0 radical (unpaired) electrons. The minimum absolute atomic E-state index is 0. The summed E-state index contributed by atoms with van der Waals surface area (Å²) >= 11 is 0. The molecule has 0 saturated heterocycles. The van der Waals surface area contributed by atoms with Gasteiger partial charge in [-0.05, 0) is 6.92 Å². The Morgan fingerprint density at radius 3 is 1.17 bits per heavy atom. The lowest BCUT2D eigenvalue weighted by molar-refractivity contribution is 0.790. The first kappa shape index (κ1) is 16.1. The van der Waals surface area contributed by atoms with E-state index in [1.54, 1.807) is 6.92 Å². The highest BCUT2D eigenvalue weighted by Crippen LogP contribution is 1.41. The van der Waals surface area contributed by atoms with E-state index in [1.807, 2.05) is 0 Å². The molecule has 0 aromatic heterocycles. The van der Waals surface area contributed by atoms with Crippen molar-refractivity contribution >= 4 is 24.8 Å². The third-order valence-electron chi connectivity index (χ3n) is 0. The SMILES string of the molecule is CC(N)N.Cl.Cl. The van der Waals surface area contributed by atoms with E-state index in [1.165, 1.54) is 0 Å². The fourth-order valence-corrected chi connectivity index (χ4v) is 0. The van der Waals surface area contributed by atoms with Gasteiger partial charge < -0.3 is 11.5 Å². The molecule has 0 rings (SSSR count). The molecule has 0 spiro atoms. The number of halogens is 2. The molecule has 0 aromatic carbocycles. The van der Waals surface area contributed by atoms with Crippen LogP contribution in [0, 0.1) is 0 Å². The fraction of sp³-hybridized carbons (Fsp3) is 1.00. The molecule has 0 bridgehead atoms. The van der Waals surface area contributed by atoms with E-state index in [9.17, 15) is 0 Å². The van der Waals surface area contributed by atoms with Gasteiger partial charge in [0.15, 0.2) is 0 Å². The van der Waals surface area contributed by atoms with E-state index in [-0.39, 0.29) is 31.0 Å². The second-order valence-corrected chi connectivity index (χ2v) is 0.859. The summed E-state index contributed by atoms with van der Waals surface area (Å²) in [6.45, 7) is 1.72. The van der Waals surface area contributed by atoms with Gasteiger partial charge in [-0.25, -0.2) is 0 Å². The Morgan fingerprint density at radius 2 is 1.17 bits per heavy atom. The zero-order valence-electron chi connectivity index (χ0n) is 3.55. The first-order valence-electron chi connectivity index (χ1n) is 1.24. The second-order valence-electron chi connectivity index (χ2n) is 0.859. The van der Waals surface area contributed by atoms with Gasteiger partial charge in [-0.3, -0.25) is 0 Å². The van der Waals surface area contributed by atoms with Gasteiger partial charge in [-0.1, -0.05) is 0 Å². The van der Waals surface area contributed by atoms with Gasteiger partial charge in [0.05, 0.1) is 0 Å². The van der Waals surface area contributed by atoms with Crippen LogP contribution in [0.1, 0.15) is 6.92 Å². The first-order valence-corrected chi connectivity index (χ1v) is 1.24. The van der Waals surface area contributed by atoms with Crippen molar-refractivity contribution in [3.05, 3.63) is 0 Å². The summed E-state index contributed by atoms with van der Waals surface area (Å²) in [6, 6.07) is 0. The van der Waals surface area contributed by atoms with Gasteiger partial charge in [-0.2, -0.15) is 0 Å². The summed E-state index contributed by atoms with van der Waals surface area (Å²) in [5.74, 6) is 0. The van der Waals surface area contributed by atoms with E-state index in [4.69, 9.17) is 11.5 Å². The van der Waals surface area contributed by atoms with Crippen LogP contribution < -0.4 is 11.5 Å². The average molecular weight is 133 g/mol. The molecule has 0 atom stereocenters. The Balaban J connectivity index is -0.0000000450. The van der Waals surface area contributed by atoms with Crippen molar-refractivity contribution in [1.29, 1.82) is 0 Å². The lowest BCUT2D eigenvalue weighted by Crippen LogP contribution is -2.25. The third-order valence-corrected chi connectivity index (χ3v) is 0. The van der Waals surface area contributed by atoms with Crippen molar-refractivity contribution in [2.45, 2.75) is 13.1 Å². The van der Waals surface area contributed by atoms with Gasteiger partial charge in [0.25, 0.3) is 0 Å². The molecule has 0 unspecified atom stereocenters. The van der Waals surface area contributed by atoms with Crippen LogP contribution in [-0.4, -0.2) is 6.17 Å². The molecular weight excluding hydrogens is 123 g/mol. The molecular formula is C2H10Cl2N2. The zero-order chi connectivity index (χ0) is 3.58. The summed E-state index contributed by atoms with van der Waals surface area (Å²) < 4.78 is 0. The molecule has 0 heterocycles. The molecule has 0 aliphatic rings. The Hall–Kier alpha value is 0.500. The summed E-state index contributed by atoms with van der Waals surface area (Å²) in [5.41, 5.74) is 9.78. The second kappa shape index (κ2) is 9.09. The molecule has 0 saturated carbocycles. The van der Waals surface area contributed by atoms with E-state index in [2.05, 4.69) is 0 Å². The van der Waals surface area contributed by atoms with E-state index in [0.29, 0.717) is 0 Å². The normalized spacial score (nSPS) is 6.00. The lowest BCUT2D eigenvalue weighted by Gasteiger charge is -1.83. The van der Waals surface area contributed by atoms with Gasteiger partial charge in [-0.15, -0.1) is 24.8 Å². The maximum atomic E-state index is 4.89. The maximum absolute atomic E-state index is 4.89. The number of hydrogen-bond donors (Lipinski definition) is 2. The minimum Gasteiger partial charge on any atom is -0.316 e. The topological polar surface area (TPSA) is 52.0 Å². The largest absolute Gasteiger partial charge is 0.316 e. The highest BCUT2D eigenvalue weighted by molar-refractivity contribution is 5.85. The van der Waals surface area contributed by atoms with E-state index in [0.717, 1.165) is 0 Å². The highest BCUT2D eigenvalue weighted by atomic mass is 35.5. The predicted octanol–water partition coefficient (Wildman–Crippen LogP) is 0.0934. The van der Waals surface area contributed by atoms with Crippen LogP contribution in [0.3, 0.4) is 0 Å². The van der Waals surface area contributed by atoms with Crippen molar-refractivity contribution in [3.8, 4) is 0 Å². The van der Waals surface area contributed by atoms with Crippen molar-refractivity contribution in [3.63, 3.8) is 0 Å². The van der Waals surface area contributed by atoms with Gasteiger partial charge in [0, 0.05) is 6.17 Å². The zero-order valence-corrected chi connectivity index (χ0v) is 5.18. The summed E-state index contributed by atoms with van der Waals surface area (Å²) in [6.07, 6.45) is -0.167. The van der Waals surface area contributed by atoms with Crippen LogP contribution in [0.25, 0.3) is 0 Å². The Kier molecular flexibility index (Phi) is 24.3. The molecule has 0 amide bonds. The molecule has 0 fully saturated rings. The van der Waals surface area contributed by atoms with Gasteiger partial charge in [0.1, 0.15) is 0 Å². The van der Waals surface area contributed by atoms with Gasteiger partial charge in [0.2, 0.25) is 0 Å². The Morgan fingerprint density at radius 1 is 1.17 bits per heavy atom. The van der Waals surface area contributed by atoms with Crippen molar-refractivity contribution in [2.75, 3.05) is 0 Å². The van der Waals surface area contributed by atoms with Crippen LogP contribution in [0.2, 0.25) is 0 Å². The number of nitrogens with two attached hydrogens (primary N) is 2. The number of hydrogen-bond acceptors (Lipinski definition) is 2. The Labute approximate surface area is 50.1 Å². The summed E-state index contributed by atoms with van der Waals surface area (Å²) in [7, 11) is 0. The quantitative estimate of drug-likeness (QED) is 0.460. The van der Waals surface area contributed by atoms with Crippen LogP contribution in [-0.2, 0) is 0 Å². The fourth-order valence-electron chi connectivity index (χ4n) is 0. The Bertz CT molecular complexity index is 14.3. The van der Waals surface area contributed by atoms with Crippen LogP contribution >= 0.6 is 24.8 Å². The smallest absolute Gasteiger partial charge is 0.0491 e. The van der Waals surface area contributed by atoms with E-state index < -0.39 is 0 Å². The summed E-state index contributed by atoms with van der Waals surface area (Å²) in [4.78, 5) is 0. The monoisotopic (exact) mass is 132 g/mol. The first-order chi connectivity index (χ1) is 1.73. The molecule has 4 N–H and O–H groups in total. The maximum Gasteiger partial charge on any atom is 0.0491 e. The predicted molar refractivity (Wildman–Crippen MR) is 32.3 cm³/mol. The van der Waals surface area contributed by atoms with Crippen molar-refractivity contribution in [2.24, 2.45) is 11.5 Å². The molecule has 4 heteroatoms. The van der Waals surface area contributed by atoms with E-state index >= 15 is 0 Å².